The molecule has 0 N–H and O–H groups in total. The van der Waals surface area contributed by atoms with Crippen LogP contribution in [0.4, 0.5) is 4.79 Å². The van der Waals surface area contributed by atoms with Crippen molar-refractivity contribution in [1.82, 2.24) is 4.57 Å². The lowest BCUT2D eigenvalue weighted by atomic mass is 10.0. The van der Waals surface area contributed by atoms with E-state index in [1.807, 2.05) is 6.07 Å². The molecule has 0 saturated carbocycles. The van der Waals surface area contributed by atoms with Crippen molar-refractivity contribution in [2.24, 2.45) is 0 Å². The van der Waals surface area contributed by atoms with E-state index in [2.05, 4.69) is 0 Å². The summed E-state index contributed by atoms with van der Waals surface area (Å²) >= 11 is 5.33. The first-order chi connectivity index (χ1) is 10.5. The summed E-state index contributed by atoms with van der Waals surface area (Å²) in [6.07, 6.45) is -0.719. The number of rotatable bonds is 4. The van der Waals surface area contributed by atoms with Gasteiger partial charge in [-0.2, -0.15) is 0 Å². The van der Waals surface area contributed by atoms with Gasteiger partial charge in [-0.15, -0.1) is 0 Å². The molecule has 0 amide bonds. The summed E-state index contributed by atoms with van der Waals surface area (Å²) in [5.74, 6) is -0.943. The Hall–Kier alpha value is -2.40. The van der Waals surface area contributed by atoms with E-state index in [4.69, 9.17) is 16.3 Å². The fourth-order valence-electron chi connectivity index (χ4n) is 2.22. The van der Waals surface area contributed by atoms with Crippen molar-refractivity contribution in [2.75, 3.05) is 6.61 Å². The Kier molecular flexibility index (Phi) is 4.78. The number of carbonyl (C=O) groups excluding carboxylic acids is 3. The number of Topliss-reactive ketones (excluding diaryl/α,β-unsaturated/α-hetero) is 1. The average Bonchev–Trinajstić information content (AvgIpc) is 2.85. The van der Waals surface area contributed by atoms with Crippen molar-refractivity contribution in [1.29, 1.82) is 0 Å². The van der Waals surface area contributed by atoms with Crippen LogP contribution in [0.1, 0.15) is 23.1 Å². The quantitative estimate of drug-likeness (QED) is 0.492. The van der Waals surface area contributed by atoms with Crippen molar-refractivity contribution in [3.63, 3.8) is 0 Å². The highest BCUT2D eigenvalue weighted by Gasteiger charge is 2.28. The minimum atomic E-state index is -1.15. The number of aromatic nitrogens is 1. The van der Waals surface area contributed by atoms with Gasteiger partial charge in [-0.05, 0) is 37.1 Å². The van der Waals surface area contributed by atoms with E-state index in [0.29, 0.717) is 16.8 Å². The van der Waals surface area contributed by atoms with Gasteiger partial charge in [-0.1, -0.05) is 30.3 Å². The Bertz CT molecular complexity index is 734. The molecule has 1 aromatic carbocycles. The second kappa shape index (κ2) is 6.58. The Labute approximate surface area is 132 Å². The number of aryl methyl sites for hydroxylation is 1. The standard InChI is InChI=1S/C16H14ClNO4/c1-3-22-16(21)18-10(2)9-12(11-7-5-4-6-8-11)13(18)14(19)15(17)20/h4-9H,3H2,1-2H3. The first-order valence-electron chi connectivity index (χ1n) is 6.66. The van der Waals surface area contributed by atoms with E-state index in [-0.39, 0.29) is 12.3 Å². The zero-order chi connectivity index (χ0) is 16.3. The predicted octanol–water partition coefficient (Wildman–Crippen LogP) is 3.42. The first kappa shape index (κ1) is 16.0. The molecule has 0 aliphatic rings. The second-order valence-electron chi connectivity index (χ2n) is 4.55. The number of nitrogens with zero attached hydrogens (tertiary/aromatic N) is 1. The summed E-state index contributed by atoms with van der Waals surface area (Å²) in [5, 5.41) is -1.15. The highest BCUT2D eigenvalue weighted by molar-refractivity contribution is 6.83. The molecule has 1 aromatic heterocycles. The molecule has 0 aliphatic carbocycles. The van der Waals surface area contributed by atoms with Crippen molar-refractivity contribution in [2.45, 2.75) is 13.8 Å². The minimum Gasteiger partial charge on any atom is -0.449 e. The number of halogens is 1. The lowest BCUT2D eigenvalue weighted by molar-refractivity contribution is -0.108. The molecule has 0 spiro atoms. The fourth-order valence-corrected chi connectivity index (χ4v) is 2.31. The smallest absolute Gasteiger partial charge is 0.418 e. The lowest BCUT2D eigenvalue weighted by Crippen LogP contribution is -2.22. The van der Waals surface area contributed by atoms with E-state index in [1.165, 1.54) is 0 Å². The third-order valence-electron chi connectivity index (χ3n) is 3.11. The number of benzene rings is 1. The molecule has 5 nitrogen and oxygen atoms in total. The molecule has 114 valence electrons. The Morgan fingerprint density at radius 1 is 1.18 bits per heavy atom. The van der Waals surface area contributed by atoms with E-state index in [1.54, 1.807) is 44.2 Å². The van der Waals surface area contributed by atoms with Gasteiger partial charge >= 0.3 is 6.09 Å². The summed E-state index contributed by atoms with van der Waals surface area (Å²) in [4.78, 5) is 35.6. The summed E-state index contributed by atoms with van der Waals surface area (Å²) in [5.41, 5.74) is 1.57. The SMILES string of the molecule is CCOC(=O)n1c(C)cc(-c2ccccc2)c1C(=O)C(=O)Cl. The van der Waals surface area contributed by atoms with Gasteiger partial charge in [0.25, 0.3) is 11.0 Å². The van der Waals surface area contributed by atoms with Crippen LogP contribution in [0.15, 0.2) is 36.4 Å². The van der Waals surface area contributed by atoms with Crippen molar-refractivity contribution in [3.8, 4) is 11.1 Å². The summed E-state index contributed by atoms with van der Waals surface area (Å²) in [7, 11) is 0. The zero-order valence-corrected chi connectivity index (χ0v) is 12.9. The molecule has 2 rings (SSSR count). The zero-order valence-electron chi connectivity index (χ0n) is 12.1. The molecule has 0 unspecified atom stereocenters. The highest BCUT2D eigenvalue weighted by atomic mass is 35.5. The molecular formula is C16H14ClNO4. The van der Waals surface area contributed by atoms with Crippen LogP contribution in [0, 0.1) is 6.92 Å². The van der Waals surface area contributed by atoms with E-state index < -0.39 is 17.1 Å². The lowest BCUT2D eigenvalue weighted by Gasteiger charge is -2.09. The van der Waals surface area contributed by atoms with Gasteiger partial charge in [-0.25, -0.2) is 9.36 Å². The second-order valence-corrected chi connectivity index (χ2v) is 4.89. The number of ether oxygens (including phenoxy) is 1. The van der Waals surface area contributed by atoms with Crippen LogP contribution < -0.4 is 0 Å². The van der Waals surface area contributed by atoms with Gasteiger partial charge < -0.3 is 4.74 Å². The normalized spacial score (nSPS) is 10.3. The molecule has 0 aliphatic heterocycles. The molecular weight excluding hydrogens is 306 g/mol. The molecule has 22 heavy (non-hydrogen) atoms. The molecule has 0 bridgehead atoms. The third kappa shape index (κ3) is 2.94. The minimum absolute atomic E-state index is 0.0813. The molecule has 0 fully saturated rings. The Morgan fingerprint density at radius 3 is 2.36 bits per heavy atom. The highest BCUT2D eigenvalue weighted by Crippen LogP contribution is 2.28. The van der Waals surface area contributed by atoms with Gasteiger partial charge in [0.2, 0.25) is 0 Å². The van der Waals surface area contributed by atoms with Crippen LogP contribution in [0.25, 0.3) is 11.1 Å². The van der Waals surface area contributed by atoms with Gasteiger partial charge in [0.05, 0.1) is 6.61 Å². The molecule has 6 heteroatoms. The van der Waals surface area contributed by atoms with Gasteiger partial charge in [0.15, 0.2) is 0 Å². The van der Waals surface area contributed by atoms with Crippen molar-refractivity contribution in [3.05, 3.63) is 47.8 Å². The van der Waals surface area contributed by atoms with Crippen LogP contribution in [-0.2, 0) is 9.53 Å². The maximum atomic E-state index is 12.2. The maximum absolute atomic E-state index is 12.2. The van der Waals surface area contributed by atoms with Gasteiger partial charge in [-0.3, -0.25) is 9.59 Å². The maximum Gasteiger partial charge on any atom is 0.418 e. The van der Waals surface area contributed by atoms with Crippen molar-refractivity contribution >= 4 is 28.7 Å². The van der Waals surface area contributed by atoms with Crippen LogP contribution in [0.3, 0.4) is 0 Å². The van der Waals surface area contributed by atoms with E-state index in [0.717, 1.165) is 4.57 Å². The summed E-state index contributed by atoms with van der Waals surface area (Å²) < 4.78 is 6.02. The number of ketones is 1. The molecule has 1 heterocycles. The Morgan fingerprint density at radius 2 is 1.82 bits per heavy atom. The van der Waals surface area contributed by atoms with E-state index >= 15 is 0 Å². The topological polar surface area (TPSA) is 65.4 Å². The van der Waals surface area contributed by atoms with Gasteiger partial charge in [0.1, 0.15) is 5.69 Å². The van der Waals surface area contributed by atoms with Gasteiger partial charge in [0, 0.05) is 11.3 Å². The monoisotopic (exact) mass is 319 g/mol. The Balaban J connectivity index is 2.70. The van der Waals surface area contributed by atoms with Crippen LogP contribution >= 0.6 is 11.6 Å². The number of carbonyl (C=O) groups is 3. The van der Waals surface area contributed by atoms with Crippen LogP contribution in [-0.4, -0.2) is 28.3 Å². The average molecular weight is 320 g/mol. The third-order valence-corrected chi connectivity index (χ3v) is 3.29. The van der Waals surface area contributed by atoms with E-state index in [9.17, 15) is 14.4 Å². The largest absolute Gasteiger partial charge is 0.449 e. The van der Waals surface area contributed by atoms with Crippen molar-refractivity contribution < 1.29 is 19.1 Å². The molecule has 0 radical (unpaired) electrons. The molecule has 2 aromatic rings. The fraction of sp³-hybridized carbons (Fsp3) is 0.188. The summed E-state index contributed by atoms with van der Waals surface area (Å²) in [6, 6.07) is 10.6. The predicted molar refractivity (Wildman–Crippen MR) is 82.2 cm³/mol. The van der Waals surface area contributed by atoms with Crippen LogP contribution in [0.2, 0.25) is 0 Å². The van der Waals surface area contributed by atoms with Crippen LogP contribution in [0.5, 0.6) is 0 Å². The number of hydrogen-bond donors (Lipinski definition) is 0. The molecule has 0 saturated heterocycles. The first-order valence-corrected chi connectivity index (χ1v) is 7.04. The number of hydrogen-bond acceptors (Lipinski definition) is 4. The summed E-state index contributed by atoms with van der Waals surface area (Å²) in [6.45, 7) is 3.46. The molecule has 0 atom stereocenters.